The lowest BCUT2D eigenvalue weighted by molar-refractivity contribution is -0.137. The molecule has 0 unspecified atom stereocenters. The number of carbonyl (C=O) groups is 2. The zero-order valence-corrected chi connectivity index (χ0v) is 19.9. The smallest absolute Gasteiger partial charge is 0.260 e. The van der Waals surface area contributed by atoms with Gasteiger partial charge >= 0.3 is 0 Å². The van der Waals surface area contributed by atoms with Crippen molar-refractivity contribution in [2.45, 2.75) is 18.4 Å². The summed E-state index contributed by atoms with van der Waals surface area (Å²) in [4.78, 5) is 30.8. The predicted molar refractivity (Wildman–Crippen MR) is 136 cm³/mol. The largest absolute Gasteiger partial charge is 0.484 e. The molecular formula is C27H29N5O4. The van der Waals surface area contributed by atoms with Crippen LogP contribution in [0.25, 0.3) is 0 Å². The summed E-state index contributed by atoms with van der Waals surface area (Å²) < 4.78 is 10.9. The normalized spacial score (nSPS) is 16.2. The van der Waals surface area contributed by atoms with Crippen molar-refractivity contribution in [3.8, 4) is 5.75 Å². The Labute approximate surface area is 209 Å². The molecule has 0 bridgehead atoms. The van der Waals surface area contributed by atoms with Crippen molar-refractivity contribution >= 4 is 29.0 Å². The number of hydrogen-bond donors (Lipinski definition) is 3. The highest BCUT2D eigenvalue weighted by molar-refractivity contribution is 6.03. The van der Waals surface area contributed by atoms with Crippen molar-refractivity contribution in [2.75, 3.05) is 43.5 Å². The number of nitrogens with zero attached hydrogens (tertiary/aromatic N) is 2. The molecule has 9 heteroatoms. The minimum Gasteiger partial charge on any atom is -0.484 e. The van der Waals surface area contributed by atoms with E-state index >= 15 is 0 Å². The fourth-order valence-corrected chi connectivity index (χ4v) is 4.36. The number of morpholine rings is 1. The maximum Gasteiger partial charge on any atom is 0.260 e. The average Bonchev–Trinajstić information content (AvgIpc) is 3.69. The van der Waals surface area contributed by atoms with E-state index in [9.17, 15) is 9.59 Å². The lowest BCUT2D eigenvalue weighted by atomic mass is 10.0. The number of hydrogen-bond acceptors (Lipinski definition) is 7. The van der Waals surface area contributed by atoms with E-state index in [0.29, 0.717) is 54.8 Å². The zero-order valence-electron chi connectivity index (χ0n) is 19.9. The molecule has 1 saturated carbocycles. The van der Waals surface area contributed by atoms with E-state index in [1.54, 1.807) is 41.4 Å². The van der Waals surface area contributed by atoms with E-state index in [-0.39, 0.29) is 18.1 Å². The first-order valence-corrected chi connectivity index (χ1v) is 12.0. The zero-order chi connectivity index (χ0) is 25.0. The van der Waals surface area contributed by atoms with E-state index in [1.165, 1.54) is 5.56 Å². The number of benzene rings is 2. The number of rotatable bonds is 9. The highest BCUT2D eigenvalue weighted by Crippen LogP contribution is 2.48. The summed E-state index contributed by atoms with van der Waals surface area (Å²) in [6, 6.07) is 19.1. The van der Waals surface area contributed by atoms with Gasteiger partial charge in [-0.25, -0.2) is 4.98 Å². The highest BCUT2D eigenvalue weighted by atomic mass is 16.5. The molecule has 36 heavy (non-hydrogen) atoms. The van der Waals surface area contributed by atoms with Crippen LogP contribution in [0.3, 0.4) is 0 Å². The molecule has 5 rings (SSSR count). The summed E-state index contributed by atoms with van der Waals surface area (Å²) in [5.41, 5.74) is 8.40. The average molecular weight is 488 g/mol. The topological polar surface area (TPSA) is 119 Å². The van der Waals surface area contributed by atoms with Gasteiger partial charge in [0, 0.05) is 25.0 Å². The van der Waals surface area contributed by atoms with E-state index < -0.39 is 5.91 Å². The first kappa shape index (κ1) is 23.6. The standard InChI is InChI=1S/C27H29N5O4/c28-25(34)24-22(31-27(11-12-27)19-4-2-1-3-5-19)10-13-29-26(24)30-20-6-8-21(9-7-20)36-18-23(33)32-14-16-35-17-15-32/h1-10,13H,11-12,14-18H2,(H2,28,34)(H2,29,30,31). The second-order valence-corrected chi connectivity index (χ2v) is 8.95. The Morgan fingerprint density at radius 2 is 1.75 bits per heavy atom. The number of pyridine rings is 1. The monoisotopic (exact) mass is 487 g/mol. The molecule has 1 aliphatic heterocycles. The van der Waals surface area contributed by atoms with E-state index in [2.05, 4.69) is 27.8 Å². The Kier molecular flexibility index (Phi) is 6.73. The van der Waals surface area contributed by atoms with Gasteiger partial charge in [0.1, 0.15) is 17.1 Å². The molecule has 1 saturated heterocycles. The van der Waals surface area contributed by atoms with Crippen molar-refractivity contribution < 1.29 is 19.1 Å². The Bertz CT molecular complexity index is 1220. The third kappa shape index (κ3) is 5.26. The van der Waals surface area contributed by atoms with Gasteiger partial charge < -0.3 is 30.7 Å². The lowest BCUT2D eigenvalue weighted by Crippen LogP contribution is -2.42. The highest BCUT2D eigenvalue weighted by Gasteiger charge is 2.44. The molecule has 0 atom stereocenters. The Hall–Kier alpha value is -4.11. The van der Waals surface area contributed by atoms with Crippen LogP contribution in [0.1, 0.15) is 28.8 Å². The molecule has 3 aromatic rings. The van der Waals surface area contributed by atoms with Gasteiger partial charge in [0.25, 0.3) is 11.8 Å². The molecule has 0 spiro atoms. The summed E-state index contributed by atoms with van der Waals surface area (Å²) in [6.07, 6.45) is 3.58. The summed E-state index contributed by atoms with van der Waals surface area (Å²) in [5.74, 6) is 0.300. The molecule has 2 fully saturated rings. The second-order valence-electron chi connectivity index (χ2n) is 8.95. The summed E-state index contributed by atoms with van der Waals surface area (Å²) >= 11 is 0. The fraction of sp³-hybridized carbons (Fsp3) is 0.296. The molecule has 2 heterocycles. The predicted octanol–water partition coefficient (Wildman–Crippen LogP) is 3.26. The van der Waals surface area contributed by atoms with Crippen LogP contribution in [-0.4, -0.2) is 54.6 Å². The molecule has 1 aliphatic carbocycles. The molecule has 2 aliphatic rings. The van der Waals surface area contributed by atoms with Gasteiger partial charge in [-0.1, -0.05) is 30.3 Å². The number of ether oxygens (including phenoxy) is 2. The Balaban J connectivity index is 1.27. The minimum atomic E-state index is -0.571. The van der Waals surface area contributed by atoms with Crippen LogP contribution < -0.4 is 21.1 Å². The van der Waals surface area contributed by atoms with Gasteiger partial charge in [0.15, 0.2) is 6.61 Å². The number of primary amides is 1. The van der Waals surface area contributed by atoms with Crippen LogP contribution in [-0.2, 0) is 15.1 Å². The molecule has 0 radical (unpaired) electrons. The summed E-state index contributed by atoms with van der Waals surface area (Å²) in [7, 11) is 0. The number of amides is 2. The number of aromatic nitrogens is 1. The molecule has 186 valence electrons. The molecule has 2 aromatic carbocycles. The van der Waals surface area contributed by atoms with Gasteiger partial charge in [0.2, 0.25) is 0 Å². The number of carbonyl (C=O) groups excluding carboxylic acids is 2. The van der Waals surface area contributed by atoms with E-state index in [1.807, 2.05) is 18.2 Å². The van der Waals surface area contributed by atoms with Crippen molar-refractivity contribution in [1.82, 2.24) is 9.88 Å². The molecular weight excluding hydrogens is 458 g/mol. The van der Waals surface area contributed by atoms with E-state index in [4.69, 9.17) is 15.2 Å². The van der Waals surface area contributed by atoms with Crippen molar-refractivity contribution in [2.24, 2.45) is 5.73 Å². The molecule has 1 aromatic heterocycles. The maximum atomic E-state index is 12.4. The van der Waals surface area contributed by atoms with Crippen LogP contribution in [0.4, 0.5) is 17.2 Å². The first-order valence-electron chi connectivity index (χ1n) is 12.0. The van der Waals surface area contributed by atoms with Crippen molar-refractivity contribution in [3.05, 3.63) is 78.0 Å². The third-order valence-electron chi connectivity index (χ3n) is 6.49. The fourth-order valence-electron chi connectivity index (χ4n) is 4.36. The number of nitrogens with two attached hydrogens (primary N) is 1. The van der Waals surface area contributed by atoms with Crippen LogP contribution in [0, 0.1) is 0 Å². The summed E-state index contributed by atoms with van der Waals surface area (Å²) in [5, 5.41) is 6.73. The van der Waals surface area contributed by atoms with E-state index in [0.717, 1.165) is 12.8 Å². The minimum absolute atomic E-state index is 0.0307. The quantitative estimate of drug-likeness (QED) is 0.424. The van der Waals surface area contributed by atoms with Crippen LogP contribution in [0.2, 0.25) is 0 Å². The number of nitrogens with one attached hydrogen (secondary N) is 2. The molecule has 4 N–H and O–H groups in total. The van der Waals surface area contributed by atoms with Gasteiger partial charge in [-0.05, 0) is 48.7 Å². The number of anilines is 3. The van der Waals surface area contributed by atoms with Crippen LogP contribution in [0.15, 0.2) is 66.9 Å². The molecule has 9 nitrogen and oxygen atoms in total. The third-order valence-corrected chi connectivity index (χ3v) is 6.49. The van der Waals surface area contributed by atoms with Crippen LogP contribution in [0.5, 0.6) is 5.75 Å². The van der Waals surface area contributed by atoms with Crippen molar-refractivity contribution in [3.63, 3.8) is 0 Å². The van der Waals surface area contributed by atoms with Gasteiger partial charge in [-0.3, -0.25) is 9.59 Å². The van der Waals surface area contributed by atoms with Gasteiger partial charge in [0.05, 0.1) is 24.4 Å². The first-order chi connectivity index (χ1) is 17.5. The van der Waals surface area contributed by atoms with Gasteiger partial charge in [-0.15, -0.1) is 0 Å². The Morgan fingerprint density at radius 1 is 1.03 bits per heavy atom. The Morgan fingerprint density at radius 3 is 2.42 bits per heavy atom. The van der Waals surface area contributed by atoms with Crippen molar-refractivity contribution in [1.29, 1.82) is 0 Å². The SMILES string of the molecule is NC(=O)c1c(NC2(c3ccccc3)CC2)ccnc1Nc1ccc(OCC(=O)N2CCOCC2)cc1. The maximum absolute atomic E-state index is 12.4. The van der Waals surface area contributed by atoms with Crippen LogP contribution >= 0.6 is 0 Å². The lowest BCUT2D eigenvalue weighted by Gasteiger charge is -2.26. The summed E-state index contributed by atoms with van der Waals surface area (Å²) in [6.45, 7) is 2.24. The molecule has 2 amide bonds. The van der Waals surface area contributed by atoms with Gasteiger partial charge in [-0.2, -0.15) is 0 Å². The second kappa shape index (κ2) is 10.2.